The molecule has 3 heterocycles. The van der Waals surface area contributed by atoms with E-state index in [1.807, 2.05) is 26.8 Å². The van der Waals surface area contributed by atoms with Crippen LogP contribution in [0, 0.1) is 5.92 Å². The molecule has 0 aliphatic carbocycles. The monoisotopic (exact) mass is 439 g/mol. The van der Waals surface area contributed by atoms with Gasteiger partial charge < -0.3 is 18.8 Å². The van der Waals surface area contributed by atoms with Gasteiger partial charge in [-0.05, 0) is 44.2 Å². The van der Waals surface area contributed by atoms with Crippen molar-refractivity contribution >= 4 is 22.8 Å². The molecule has 0 spiro atoms. The number of ether oxygens (including phenoxy) is 2. The molecule has 2 aliphatic heterocycles. The van der Waals surface area contributed by atoms with Crippen LogP contribution in [-0.4, -0.2) is 36.0 Å². The molecule has 1 amide bonds. The zero-order chi connectivity index (χ0) is 23.3. The minimum absolute atomic E-state index is 0.0574. The molecule has 2 aromatic rings. The van der Waals surface area contributed by atoms with Crippen molar-refractivity contribution in [3.63, 3.8) is 0 Å². The molecule has 0 bridgehead atoms. The quantitative estimate of drug-likeness (QED) is 0.398. The Hall–Kier alpha value is -3.35. The summed E-state index contributed by atoms with van der Waals surface area (Å²) in [5.41, 5.74) is 2.12. The fourth-order valence-electron chi connectivity index (χ4n) is 3.61. The molecule has 2 atom stereocenters. The van der Waals surface area contributed by atoms with Crippen LogP contribution in [0.4, 0.5) is 0 Å². The van der Waals surface area contributed by atoms with Crippen LogP contribution in [0.25, 0.3) is 11.0 Å². The van der Waals surface area contributed by atoms with E-state index >= 15 is 0 Å². The number of hydrogen-bond acceptors (Lipinski definition) is 6. The van der Waals surface area contributed by atoms with E-state index in [2.05, 4.69) is 6.58 Å². The van der Waals surface area contributed by atoms with Gasteiger partial charge in [0, 0.05) is 48.9 Å². The van der Waals surface area contributed by atoms with Gasteiger partial charge in [-0.3, -0.25) is 4.79 Å². The van der Waals surface area contributed by atoms with Crippen LogP contribution in [-0.2, 0) is 20.7 Å². The van der Waals surface area contributed by atoms with E-state index in [1.54, 1.807) is 23.2 Å². The first kappa shape index (κ1) is 23.3. The summed E-state index contributed by atoms with van der Waals surface area (Å²) in [6.07, 6.45) is 5.44. The predicted octanol–water partition coefficient (Wildman–Crippen LogP) is 3.99. The molecular weight excluding hydrogens is 410 g/mol. The fraction of sp³-hybridized carbons (Fsp3) is 0.400. The Kier molecular flexibility index (Phi) is 7.51. The summed E-state index contributed by atoms with van der Waals surface area (Å²) < 4.78 is 16.4. The molecule has 2 aliphatic rings. The first-order chi connectivity index (χ1) is 15.3. The van der Waals surface area contributed by atoms with Crippen LogP contribution >= 0.6 is 0 Å². The average molecular weight is 440 g/mol. The Bertz CT molecular complexity index is 1100. The summed E-state index contributed by atoms with van der Waals surface area (Å²) >= 11 is 0. The van der Waals surface area contributed by atoms with Crippen molar-refractivity contribution in [3.8, 4) is 5.75 Å². The number of rotatable bonds is 5. The second-order valence-corrected chi connectivity index (χ2v) is 8.31. The number of likely N-dealkylation sites (tertiary alicyclic amines) is 1. The maximum atomic E-state index is 11.6. The number of allylic oxidation sites excluding steroid dienone is 1. The zero-order valence-corrected chi connectivity index (χ0v) is 18.8. The number of nitrogens with zero attached hydrogens (tertiary/aromatic N) is 1. The van der Waals surface area contributed by atoms with Crippen molar-refractivity contribution in [1.29, 1.82) is 0 Å². The third-order valence-electron chi connectivity index (χ3n) is 5.36. The average Bonchev–Trinajstić information content (AvgIpc) is 3.35. The van der Waals surface area contributed by atoms with Gasteiger partial charge in [-0.15, -0.1) is 0 Å². The van der Waals surface area contributed by atoms with Crippen LogP contribution in [0.1, 0.15) is 39.2 Å². The molecule has 1 saturated heterocycles. The molecule has 1 aromatic heterocycles. The van der Waals surface area contributed by atoms with Crippen molar-refractivity contribution in [2.75, 3.05) is 13.2 Å². The number of esters is 1. The Labute approximate surface area is 187 Å². The minimum Gasteiger partial charge on any atom is -0.489 e. The third-order valence-corrected chi connectivity index (χ3v) is 5.36. The molecule has 0 saturated carbocycles. The van der Waals surface area contributed by atoms with Gasteiger partial charge in [0.2, 0.25) is 5.91 Å². The Morgan fingerprint density at radius 3 is 2.72 bits per heavy atom. The van der Waals surface area contributed by atoms with Gasteiger partial charge >= 0.3 is 11.6 Å². The number of carbonyl (C=O) groups excluding carboxylic acids is 2. The highest BCUT2D eigenvalue weighted by molar-refractivity contribution is 5.82. The Morgan fingerprint density at radius 1 is 1.31 bits per heavy atom. The van der Waals surface area contributed by atoms with Gasteiger partial charge in [-0.1, -0.05) is 19.1 Å². The standard InChI is InChI=1S/C19H20O5.C6H9NO/c1-11(2)6-19(21)22-10-12(3)15-8-14-7-13-4-5-18(20)24-16(13)9-17(14)23-15;1-2-7-5-3-4-6(7)8/h4-7,9,12,15H,8,10H2,1-3H3;2H,1,3-5H2. The van der Waals surface area contributed by atoms with E-state index in [1.165, 1.54) is 12.1 Å². The summed E-state index contributed by atoms with van der Waals surface area (Å²) in [6, 6.07) is 6.90. The van der Waals surface area contributed by atoms with Crippen LogP contribution in [0.2, 0.25) is 0 Å². The number of benzene rings is 1. The van der Waals surface area contributed by atoms with Gasteiger partial charge in [0.25, 0.3) is 0 Å². The van der Waals surface area contributed by atoms with E-state index in [0.717, 1.165) is 41.7 Å². The molecule has 2 unspecified atom stereocenters. The summed E-state index contributed by atoms with van der Waals surface area (Å²) in [4.78, 5) is 35.2. The van der Waals surface area contributed by atoms with Gasteiger partial charge in [0.15, 0.2) is 0 Å². The summed E-state index contributed by atoms with van der Waals surface area (Å²) in [5, 5.41) is 0.875. The summed E-state index contributed by atoms with van der Waals surface area (Å²) in [6.45, 7) is 10.4. The van der Waals surface area contributed by atoms with E-state index in [-0.39, 0.29) is 29.5 Å². The van der Waals surface area contributed by atoms with Gasteiger partial charge in [-0.2, -0.15) is 0 Å². The lowest BCUT2D eigenvalue weighted by molar-refractivity contribution is -0.139. The van der Waals surface area contributed by atoms with Crippen LogP contribution in [0.5, 0.6) is 5.75 Å². The van der Waals surface area contributed by atoms with Crippen molar-refractivity contribution < 1.29 is 23.5 Å². The molecule has 0 radical (unpaired) electrons. The van der Waals surface area contributed by atoms with Crippen LogP contribution in [0.3, 0.4) is 0 Å². The first-order valence-corrected chi connectivity index (χ1v) is 10.7. The Morgan fingerprint density at radius 2 is 2.09 bits per heavy atom. The lowest BCUT2D eigenvalue weighted by Gasteiger charge is -2.18. The maximum absolute atomic E-state index is 11.6. The fourth-order valence-corrected chi connectivity index (χ4v) is 3.61. The van der Waals surface area contributed by atoms with Crippen molar-refractivity contribution in [3.05, 3.63) is 64.7 Å². The second kappa shape index (κ2) is 10.3. The highest BCUT2D eigenvalue weighted by Crippen LogP contribution is 2.35. The third kappa shape index (κ3) is 5.87. The Balaban J connectivity index is 0.000000305. The molecule has 1 fully saturated rings. The van der Waals surface area contributed by atoms with Gasteiger partial charge in [0.1, 0.15) is 17.4 Å². The van der Waals surface area contributed by atoms with Crippen molar-refractivity contribution in [2.45, 2.75) is 46.1 Å². The summed E-state index contributed by atoms with van der Waals surface area (Å²) in [5.74, 6) is 0.663. The van der Waals surface area contributed by atoms with E-state index < -0.39 is 0 Å². The predicted molar refractivity (Wildman–Crippen MR) is 121 cm³/mol. The second-order valence-electron chi connectivity index (χ2n) is 8.31. The lowest BCUT2D eigenvalue weighted by Crippen LogP contribution is -2.27. The van der Waals surface area contributed by atoms with Crippen molar-refractivity contribution in [2.24, 2.45) is 5.92 Å². The molecule has 0 N–H and O–H groups in total. The zero-order valence-electron chi connectivity index (χ0n) is 18.8. The maximum Gasteiger partial charge on any atom is 0.336 e. The van der Waals surface area contributed by atoms with E-state index in [0.29, 0.717) is 18.6 Å². The highest BCUT2D eigenvalue weighted by Gasteiger charge is 2.29. The number of fused-ring (bicyclic) bond motifs is 2. The molecule has 32 heavy (non-hydrogen) atoms. The number of carbonyl (C=O) groups is 2. The normalized spacial score (nSPS) is 17.7. The SMILES string of the molecule is C=CN1CCCC1=O.CC(C)=CC(=O)OCC(C)C1Cc2cc3ccc(=O)oc3cc2O1. The van der Waals surface area contributed by atoms with E-state index in [9.17, 15) is 14.4 Å². The number of hydrogen-bond donors (Lipinski definition) is 0. The van der Waals surface area contributed by atoms with E-state index in [4.69, 9.17) is 13.9 Å². The van der Waals surface area contributed by atoms with Crippen molar-refractivity contribution in [1.82, 2.24) is 4.90 Å². The molecular formula is C25H29NO6. The molecule has 1 aromatic carbocycles. The summed E-state index contributed by atoms with van der Waals surface area (Å²) in [7, 11) is 0. The minimum atomic E-state index is -0.378. The molecule has 7 heteroatoms. The largest absolute Gasteiger partial charge is 0.489 e. The van der Waals surface area contributed by atoms with Crippen LogP contribution in [0.15, 0.2) is 57.9 Å². The van der Waals surface area contributed by atoms with Crippen LogP contribution < -0.4 is 10.4 Å². The smallest absolute Gasteiger partial charge is 0.336 e. The van der Waals surface area contributed by atoms with Gasteiger partial charge in [0.05, 0.1) is 6.61 Å². The lowest BCUT2D eigenvalue weighted by atomic mass is 10.00. The molecule has 4 rings (SSSR count). The topological polar surface area (TPSA) is 86.0 Å². The molecule has 7 nitrogen and oxygen atoms in total. The number of amides is 1. The molecule has 170 valence electrons. The van der Waals surface area contributed by atoms with Gasteiger partial charge in [-0.25, -0.2) is 9.59 Å². The highest BCUT2D eigenvalue weighted by atomic mass is 16.5. The first-order valence-electron chi connectivity index (χ1n) is 10.7.